The monoisotopic (exact) mass is 341 g/mol. The first-order valence-corrected chi connectivity index (χ1v) is 8.71. The van der Waals surface area contributed by atoms with E-state index in [0.29, 0.717) is 18.8 Å². The van der Waals surface area contributed by atoms with E-state index in [9.17, 15) is 4.79 Å². The average Bonchev–Trinajstić information content (AvgIpc) is 2.60. The fraction of sp³-hybridized carbons (Fsp3) is 0.381. The quantitative estimate of drug-likeness (QED) is 0.788. The van der Waals surface area contributed by atoms with Crippen molar-refractivity contribution in [3.63, 3.8) is 0 Å². The van der Waals surface area contributed by atoms with E-state index in [4.69, 9.17) is 9.47 Å². The fourth-order valence-corrected chi connectivity index (χ4v) is 2.41. The van der Waals surface area contributed by atoms with Gasteiger partial charge in [0.25, 0.3) is 5.91 Å². The molecule has 0 aliphatic heterocycles. The zero-order chi connectivity index (χ0) is 18.2. The van der Waals surface area contributed by atoms with Gasteiger partial charge < -0.3 is 14.8 Å². The van der Waals surface area contributed by atoms with Crippen LogP contribution in [0, 0.1) is 13.8 Å². The standard InChI is InChI=1S/C21H27NO3/c1-5-19(25-18-12-10-15(2)11-13-18)21(23)22-17(4)14-24-20-9-7-6-8-16(20)3/h6-13,17,19H,5,14H2,1-4H3,(H,22,23)/t17-,19+/m1/s1. The van der Waals surface area contributed by atoms with Crippen molar-refractivity contribution in [3.05, 3.63) is 59.7 Å². The summed E-state index contributed by atoms with van der Waals surface area (Å²) in [5, 5.41) is 2.96. The molecule has 0 aromatic heterocycles. The zero-order valence-corrected chi connectivity index (χ0v) is 15.4. The van der Waals surface area contributed by atoms with Crippen molar-refractivity contribution in [2.24, 2.45) is 0 Å². The molecule has 25 heavy (non-hydrogen) atoms. The molecule has 0 unspecified atom stereocenters. The Kier molecular flexibility index (Phi) is 6.87. The maximum atomic E-state index is 12.4. The topological polar surface area (TPSA) is 47.6 Å². The van der Waals surface area contributed by atoms with Gasteiger partial charge in [0.1, 0.15) is 18.1 Å². The van der Waals surface area contributed by atoms with Crippen molar-refractivity contribution in [2.45, 2.75) is 46.3 Å². The van der Waals surface area contributed by atoms with Crippen LogP contribution in [-0.2, 0) is 4.79 Å². The molecule has 0 spiro atoms. The lowest BCUT2D eigenvalue weighted by atomic mass is 10.2. The highest BCUT2D eigenvalue weighted by Crippen LogP contribution is 2.17. The second kappa shape index (κ2) is 9.11. The van der Waals surface area contributed by atoms with Crippen LogP contribution in [-0.4, -0.2) is 24.7 Å². The third-order valence-corrected chi connectivity index (χ3v) is 3.93. The van der Waals surface area contributed by atoms with E-state index in [1.807, 2.05) is 76.2 Å². The molecule has 0 aliphatic carbocycles. The van der Waals surface area contributed by atoms with Crippen LogP contribution in [0.5, 0.6) is 11.5 Å². The minimum absolute atomic E-state index is 0.109. The van der Waals surface area contributed by atoms with Gasteiger partial charge in [-0.15, -0.1) is 0 Å². The molecule has 1 amide bonds. The first-order chi connectivity index (χ1) is 12.0. The molecule has 2 aromatic carbocycles. The molecule has 0 radical (unpaired) electrons. The first kappa shape index (κ1) is 18.8. The first-order valence-electron chi connectivity index (χ1n) is 8.71. The summed E-state index contributed by atoms with van der Waals surface area (Å²) < 4.78 is 11.6. The number of hydrogen-bond donors (Lipinski definition) is 1. The predicted molar refractivity (Wildman–Crippen MR) is 100 cm³/mol. The van der Waals surface area contributed by atoms with Gasteiger partial charge in [-0.2, -0.15) is 0 Å². The highest BCUT2D eigenvalue weighted by atomic mass is 16.5. The predicted octanol–water partition coefficient (Wildman–Crippen LogP) is 4.04. The Balaban J connectivity index is 1.85. The normalized spacial score (nSPS) is 13.0. The zero-order valence-electron chi connectivity index (χ0n) is 15.4. The summed E-state index contributed by atoms with van der Waals surface area (Å²) in [5.74, 6) is 1.42. The summed E-state index contributed by atoms with van der Waals surface area (Å²) in [6, 6.07) is 15.4. The van der Waals surface area contributed by atoms with Crippen molar-refractivity contribution >= 4 is 5.91 Å². The largest absolute Gasteiger partial charge is 0.491 e. The summed E-state index contributed by atoms with van der Waals surface area (Å²) in [7, 11) is 0. The third kappa shape index (κ3) is 5.82. The summed E-state index contributed by atoms with van der Waals surface area (Å²) in [4.78, 5) is 12.4. The summed E-state index contributed by atoms with van der Waals surface area (Å²) in [6.07, 6.45) is 0.0917. The van der Waals surface area contributed by atoms with Gasteiger partial charge in [0.2, 0.25) is 0 Å². The van der Waals surface area contributed by atoms with Gasteiger partial charge in [-0.3, -0.25) is 4.79 Å². The number of rotatable bonds is 8. The third-order valence-electron chi connectivity index (χ3n) is 3.93. The molecule has 0 saturated carbocycles. The molecular formula is C21H27NO3. The number of ether oxygens (including phenoxy) is 2. The van der Waals surface area contributed by atoms with Crippen LogP contribution in [0.15, 0.2) is 48.5 Å². The number of aryl methyl sites for hydroxylation is 2. The molecule has 0 aliphatic rings. The maximum Gasteiger partial charge on any atom is 0.261 e. The lowest BCUT2D eigenvalue weighted by Gasteiger charge is -2.21. The van der Waals surface area contributed by atoms with Crippen LogP contribution in [0.4, 0.5) is 0 Å². The average molecular weight is 341 g/mol. The SMILES string of the molecule is CC[C@H](Oc1ccc(C)cc1)C(=O)N[C@H](C)COc1ccccc1C. The molecule has 0 fully saturated rings. The Hall–Kier alpha value is -2.49. The van der Waals surface area contributed by atoms with Gasteiger partial charge in [0.05, 0.1) is 6.04 Å². The number of carbonyl (C=O) groups excluding carboxylic acids is 1. The van der Waals surface area contributed by atoms with Gasteiger partial charge in [-0.1, -0.05) is 42.8 Å². The Morgan fingerprint density at radius 1 is 1.08 bits per heavy atom. The van der Waals surface area contributed by atoms with Crippen LogP contribution in [0.1, 0.15) is 31.4 Å². The molecule has 0 heterocycles. The fourth-order valence-electron chi connectivity index (χ4n) is 2.41. The highest BCUT2D eigenvalue weighted by molar-refractivity contribution is 5.81. The van der Waals surface area contributed by atoms with Crippen LogP contribution < -0.4 is 14.8 Å². The van der Waals surface area contributed by atoms with E-state index in [1.165, 1.54) is 0 Å². The molecule has 4 heteroatoms. The minimum atomic E-state index is -0.511. The van der Waals surface area contributed by atoms with E-state index >= 15 is 0 Å². The summed E-state index contributed by atoms with van der Waals surface area (Å²) in [6.45, 7) is 8.30. The molecule has 2 rings (SSSR count). The van der Waals surface area contributed by atoms with Crippen molar-refractivity contribution in [1.29, 1.82) is 0 Å². The van der Waals surface area contributed by atoms with Crippen LogP contribution in [0.3, 0.4) is 0 Å². The second-order valence-corrected chi connectivity index (χ2v) is 6.31. The number of nitrogens with one attached hydrogen (secondary N) is 1. The van der Waals surface area contributed by atoms with Crippen molar-refractivity contribution in [3.8, 4) is 11.5 Å². The Labute approximate surface area is 150 Å². The summed E-state index contributed by atoms with van der Waals surface area (Å²) >= 11 is 0. The van der Waals surface area contributed by atoms with E-state index in [2.05, 4.69) is 5.32 Å². The van der Waals surface area contributed by atoms with Crippen LogP contribution >= 0.6 is 0 Å². The van der Waals surface area contributed by atoms with Gasteiger partial charge >= 0.3 is 0 Å². The van der Waals surface area contributed by atoms with Crippen molar-refractivity contribution in [1.82, 2.24) is 5.32 Å². The molecule has 1 N–H and O–H groups in total. The lowest BCUT2D eigenvalue weighted by molar-refractivity contribution is -0.128. The van der Waals surface area contributed by atoms with E-state index in [0.717, 1.165) is 16.9 Å². The molecule has 134 valence electrons. The van der Waals surface area contributed by atoms with Crippen LogP contribution in [0.2, 0.25) is 0 Å². The number of amides is 1. The van der Waals surface area contributed by atoms with Gasteiger partial charge in [0.15, 0.2) is 6.10 Å². The Morgan fingerprint density at radius 3 is 2.40 bits per heavy atom. The second-order valence-electron chi connectivity index (χ2n) is 6.31. The molecule has 0 bridgehead atoms. The highest BCUT2D eigenvalue weighted by Gasteiger charge is 2.20. The smallest absolute Gasteiger partial charge is 0.261 e. The van der Waals surface area contributed by atoms with Gasteiger partial charge in [0, 0.05) is 0 Å². The van der Waals surface area contributed by atoms with Gasteiger partial charge in [-0.25, -0.2) is 0 Å². The van der Waals surface area contributed by atoms with Crippen molar-refractivity contribution in [2.75, 3.05) is 6.61 Å². The number of carbonyl (C=O) groups is 1. The minimum Gasteiger partial charge on any atom is -0.491 e. The number of hydrogen-bond acceptors (Lipinski definition) is 3. The van der Waals surface area contributed by atoms with E-state index in [1.54, 1.807) is 0 Å². The number of para-hydroxylation sites is 1. The lowest BCUT2D eigenvalue weighted by Crippen LogP contribution is -2.44. The summed E-state index contributed by atoms with van der Waals surface area (Å²) in [5.41, 5.74) is 2.24. The van der Waals surface area contributed by atoms with E-state index < -0.39 is 6.10 Å². The number of benzene rings is 2. The molecule has 4 nitrogen and oxygen atoms in total. The van der Waals surface area contributed by atoms with Crippen LogP contribution in [0.25, 0.3) is 0 Å². The maximum absolute atomic E-state index is 12.4. The van der Waals surface area contributed by atoms with Crippen molar-refractivity contribution < 1.29 is 14.3 Å². The van der Waals surface area contributed by atoms with Gasteiger partial charge in [-0.05, 0) is 51.0 Å². The molecule has 2 aromatic rings. The molecule has 2 atom stereocenters. The Bertz CT molecular complexity index is 682. The Morgan fingerprint density at radius 2 is 1.76 bits per heavy atom. The molecular weight excluding hydrogens is 314 g/mol. The van der Waals surface area contributed by atoms with E-state index in [-0.39, 0.29) is 11.9 Å². The molecule has 0 saturated heterocycles.